The number of carbonyl (C=O) groups excluding carboxylic acids is 2. The van der Waals surface area contributed by atoms with Gasteiger partial charge in [0.05, 0.1) is 10.6 Å². The minimum absolute atomic E-state index is 0.0356. The highest BCUT2D eigenvalue weighted by Crippen LogP contribution is 2.26. The van der Waals surface area contributed by atoms with E-state index >= 15 is 0 Å². The van der Waals surface area contributed by atoms with Gasteiger partial charge in [-0.15, -0.1) is 0 Å². The maximum atomic E-state index is 14.2. The highest BCUT2D eigenvalue weighted by atomic mass is 79.9. The van der Waals surface area contributed by atoms with Gasteiger partial charge in [0, 0.05) is 29.5 Å². The average molecular weight is 655 g/mol. The SMILES string of the molecule is CNC(=O)[C@@H](Cc1ccccc1)N(Cc1cccc(Br)c1)C(=O)CN(c1ccc(Cl)cc1)S(=O)(=O)c1ccccc1. The van der Waals surface area contributed by atoms with Gasteiger partial charge in [0.15, 0.2) is 0 Å². The summed E-state index contributed by atoms with van der Waals surface area (Å²) in [6.45, 7) is -0.446. The second kappa shape index (κ2) is 13.8. The molecule has 4 rings (SSSR count). The predicted molar refractivity (Wildman–Crippen MR) is 165 cm³/mol. The zero-order valence-corrected chi connectivity index (χ0v) is 25.4. The third-order valence-corrected chi connectivity index (χ3v) is 9.02. The molecule has 1 atom stereocenters. The molecule has 0 bridgehead atoms. The molecule has 0 heterocycles. The second-order valence-corrected chi connectivity index (χ2v) is 12.5. The molecular weight excluding hydrogens is 626 g/mol. The molecule has 0 saturated heterocycles. The van der Waals surface area contributed by atoms with Gasteiger partial charge in [-0.1, -0.05) is 88.2 Å². The molecule has 0 saturated carbocycles. The van der Waals surface area contributed by atoms with Crippen LogP contribution in [0.1, 0.15) is 11.1 Å². The summed E-state index contributed by atoms with van der Waals surface area (Å²) in [5, 5.41) is 3.10. The van der Waals surface area contributed by atoms with E-state index < -0.39 is 28.5 Å². The molecule has 0 aromatic heterocycles. The zero-order valence-electron chi connectivity index (χ0n) is 22.3. The van der Waals surface area contributed by atoms with Gasteiger partial charge in [-0.25, -0.2) is 8.42 Å². The second-order valence-electron chi connectivity index (χ2n) is 9.27. The summed E-state index contributed by atoms with van der Waals surface area (Å²) in [5.41, 5.74) is 1.91. The lowest BCUT2D eigenvalue weighted by Crippen LogP contribution is -2.53. The van der Waals surface area contributed by atoms with Crippen molar-refractivity contribution in [2.24, 2.45) is 0 Å². The van der Waals surface area contributed by atoms with Crippen molar-refractivity contribution in [3.8, 4) is 0 Å². The molecule has 212 valence electrons. The maximum absolute atomic E-state index is 14.2. The fraction of sp³-hybridized carbons (Fsp3) is 0.161. The molecule has 2 amide bonds. The Bertz CT molecular complexity index is 1590. The monoisotopic (exact) mass is 653 g/mol. The van der Waals surface area contributed by atoms with Crippen molar-refractivity contribution in [2.75, 3.05) is 17.9 Å². The number of carbonyl (C=O) groups is 2. The van der Waals surface area contributed by atoms with Crippen molar-refractivity contribution in [2.45, 2.75) is 23.9 Å². The highest BCUT2D eigenvalue weighted by Gasteiger charge is 2.34. The molecular formula is C31H29BrClN3O4S. The van der Waals surface area contributed by atoms with Crippen LogP contribution >= 0.6 is 27.5 Å². The largest absolute Gasteiger partial charge is 0.357 e. The van der Waals surface area contributed by atoms with E-state index in [0.717, 1.165) is 19.9 Å². The summed E-state index contributed by atoms with van der Waals surface area (Å²) in [6.07, 6.45) is 0.243. The molecule has 0 aliphatic rings. The Balaban J connectivity index is 1.78. The van der Waals surface area contributed by atoms with Gasteiger partial charge >= 0.3 is 0 Å². The van der Waals surface area contributed by atoms with Crippen LogP contribution in [0.3, 0.4) is 0 Å². The fourth-order valence-corrected chi connectivity index (χ4v) is 6.42. The predicted octanol–water partition coefficient (Wildman–Crippen LogP) is 5.68. The molecule has 0 spiro atoms. The topological polar surface area (TPSA) is 86.8 Å². The standard InChI is InChI=1S/C31H29BrClN3O4S/c1-34-31(38)29(20-23-9-4-2-5-10-23)35(21-24-11-8-12-25(32)19-24)30(37)22-36(27-17-15-26(33)16-18-27)41(39,40)28-13-6-3-7-14-28/h2-19,29H,20-22H2,1H3,(H,34,38)/t29-/m1/s1. The van der Waals surface area contributed by atoms with E-state index in [-0.39, 0.29) is 29.5 Å². The number of amides is 2. The Morgan fingerprint density at radius 2 is 1.46 bits per heavy atom. The van der Waals surface area contributed by atoms with E-state index in [1.165, 1.54) is 24.1 Å². The molecule has 4 aromatic carbocycles. The third-order valence-electron chi connectivity index (χ3n) is 6.48. The van der Waals surface area contributed by atoms with Crippen LogP contribution in [0.25, 0.3) is 0 Å². The number of anilines is 1. The number of hydrogen-bond donors (Lipinski definition) is 1. The van der Waals surface area contributed by atoms with Crippen LogP contribution in [-0.4, -0.2) is 44.8 Å². The van der Waals surface area contributed by atoms with Crippen molar-refractivity contribution in [3.63, 3.8) is 0 Å². The van der Waals surface area contributed by atoms with Crippen molar-refractivity contribution < 1.29 is 18.0 Å². The molecule has 0 radical (unpaired) electrons. The first-order chi connectivity index (χ1) is 19.7. The Hall–Kier alpha value is -3.66. The zero-order chi connectivity index (χ0) is 29.4. The van der Waals surface area contributed by atoms with Crippen LogP contribution in [0.4, 0.5) is 5.69 Å². The smallest absolute Gasteiger partial charge is 0.264 e. The van der Waals surface area contributed by atoms with E-state index in [2.05, 4.69) is 21.2 Å². The third kappa shape index (κ3) is 7.75. The maximum Gasteiger partial charge on any atom is 0.264 e. The number of nitrogens with zero attached hydrogens (tertiary/aromatic N) is 2. The van der Waals surface area contributed by atoms with Gasteiger partial charge in [0.1, 0.15) is 12.6 Å². The molecule has 10 heteroatoms. The molecule has 7 nitrogen and oxygen atoms in total. The average Bonchev–Trinajstić information content (AvgIpc) is 2.98. The number of likely N-dealkylation sites (N-methyl/N-ethyl adjacent to an activating group) is 1. The van der Waals surface area contributed by atoms with Crippen LogP contribution in [0.2, 0.25) is 5.02 Å². The van der Waals surface area contributed by atoms with Gasteiger partial charge < -0.3 is 10.2 Å². The van der Waals surface area contributed by atoms with Crippen molar-refractivity contribution in [1.82, 2.24) is 10.2 Å². The van der Waals surface area contributed by atoms with E-state index in [0.29, 0.717) is 5.02 Å². The number of rotatable bonds is 11. The van der Waals surface area contributed by atoms with E-state index in [4.69, 9.17) is 11.6 Å². The fourth-order valence-electron chi connectivity index (χ4n) is 4.41. The van der Waals surface area contributed by atoms with E-state index in [1.807, 2.05) is 54.6 Å². The molecule has 0 aliphatic carbocycles. The van der Waals surface area contributed by atoms with Crippen LogP contribution in [0, 0.1) is 0 Å². The highest BCUT2D eigenvalue weighted by molar-refractivity contribution is 9.10. The Labute approximate surface area is 253 Å². The van der Waals surface area contributed by atoms with Crippen molar-refractivity contribution >= 4 is 55.1 Å². The van der Waals surface area contributed by atoms with E-state index in [9.17, 15) is 18.0 Å². The first kappa shape index (κ1) is 30.3. The Kier molecular flexibility index (Phi) is 10.2. The van der Waals surface area contributed by atoms with Crippen LogP contribution < -0.4 is 9.62 Å². The Morgan fingerprint density at radius 3 is 2.07 bits per heavy atom. The summed E-state index contributed by atoms with van der Waals surface area (Å²) in [5.74, 6) is -0.898. The number of hydrogen-bond acceptors (Lipinski definition) is 4. The van der Waals surface area contributed by atoms with Crippen molar-refractivity contribution in [1.29, 1.82) is 0 Å². The number of halogens is 2. The van der Waals surface area contributed by atoms with Gasteiger partial charge in [-0.3, -0.25) is 13.9 Å². The molecule has 0 unspecified atom stereocenters. The summed E-state index contributed by atoms with van der Waals surface area (Å²) in [4.78, 5) is 29.0. The van der Waals surface area contributed by atoms with Gasteiger partial charge in [0.25, 0.3) is 10.0 Å². The summed E-state index contributed by atoms with van der Waals surface area (Å²) in [7, 11) is -2.63. The Morgan fingerprint density at radius 1 is 0.854 bits per heavy atom. The lowest BCUT2D eigenvalue weighted by molar-refractivity contribution is -0.139. The molecule has 4 aromatic rings. The lowest BCUT2D eigenvalue weighted by atomic mass is 10.0. The minimum Gasteiger partial charge on any atom is -0.357 e. The normalized spacial score (nSPS) is 11.9. The van der Waals surface area contributed by atoms with Gasteiger partial charge in [-0.2, -0.15) is 0 Å². The molecule has 0 fully saturated rings. The van der Waals surface area contributed by atoms with Crippen molar-refractivity contribution in [3.05, 3.63) is 130 Å². The lowest BCUT2D eigenvalue weighted by Gasteiger charge is -2.33. The van der Waals surface area contributed by atoms with E-state index in [1.54, 1.807) is 42.5 Å². The van der Waals surface area contributed by atoms with Crippen LogP contribution in [0.5, 0.6) is 0 Å². The van der Waals surface area contributed by atoms with Gasteiger partial charge in [-0.05, 0) is 59.7 Å². The number of nitrogens with one attached hydrogen (secondary N) is 1. The van der Waals surface area contributed by atoms with Gasteiger partial charge in [0.2, 0.25) is 11.8 Å². The number of sulfonamides is 1. The van der Waals surface area contributed by atoms with Crippen LogP contribution in [0.15, 0.2) is 119 Å². The molecule has 1 N–H and O–H groups in total. The quantitative estimate of drug-likeness (QED) is 0.225. The molecule has 41 heavy (non-hydrogen) atoms. The summed E-state index contributed by atoms with van der Waals surface area (Å²) >= 11 is 9.55. The van der Waals surface area contributed by atoms with Crippen LogP contribution in [-0.2, 0) is 32.6 Å². The number of benzene rings is 4. The summed E-state index contributed by atoms with van der Waals surface area (Å²) < 4.78 is 29.6. The summed E-state index contributed by atoms with van der Waals surface area (Å²) in [6, 6.07) is 30.0. The minimum atomic E-state index is -4.15. The molecule has 0 aliphatic heterocycles. The first-order valence-corrected chi connectivity index (χ1v) is 15.4. The first-order valence-electron chi connectivity index (χ1n) is 12.8.